The van der Waals surface area contributed by atoms with E-state index < -0.39 is 15.4 Å². The quantitative estimate of drug-likeness (QED) is 0.779. The smallest absolute Gasteiger partial charge is 0.179 e. The average molecular weight is 326 g/mol. The van der Waals surface area contributed by atoms with Crippen molar-refractivity contribution < 1.29 is 4.43 Å². The molecule has 0 heterocycles. The van der Waals surface area contributed by atoms with Gasteiger partial charge in [0.05, 0.1) is 18.2 Å². The highest BCUT2D eigenvalue weighted by atomic mass is 29.3. The van der Waals surface area contributed by atoms with Gasteiger partial charge in [0, 0.05) is 0 Å². The second-order valence-electron chi connectivity index (χ2n) is 6.60. The molecule has 0 aliphatic carbocycles. The lowest BCUT2D eigenvalue weighted by Crippen LogP contribution is -2.64. The van der Waals surface area contributed by atoms with Crippen LogP contribution in [0.2, 0.25) is 26.2 Å². The fourth-order valence-corrected chi connectivity index (χ4v) is 8.82. The number of benzene rings is 2. The van der Waals surface area contributed by atoms with Gasteiger partial charge in [-0.25, -0.2) is 0 Å². The summed E-state index contributed by atoms with van der Waals surface area (Å²) in [6, 6.07) is 20.6. The van der Waals surface area contributed by atoms with Crippen molar-refractivity contribution in [3.05, 3.63) is 65.7 Å². The van der Waals surface area contributed by atoms with E-state index in [2.05, 4.69) is 62.6 Å². The molecule has 0 bridgehead atoms. The predicted octanol–water partition coefficient (Wildman–Crippen LogP) is 3.97. The van der Waals surface area contributed by atoms with Crippen LogP contribution in [-0.2, 0) is 11.0 Å². The molecule has 114 valence electrons. The third-order valence-electron chi connectivity index (χ3n) is 4.68. The normalized spacial score (nSPS) is 12.0. The lowest BCUT2D eigenvalue weighted by Gasteiger charge is -2.38. The van der Waals surface area contributed by atoms with Gasteiger partial charge in [0.15, 0.2) is 7.83 Å². The first kappa shape index (κ1) is 16.7. The van der Waals surface area contributed by atoms with E-state index >= 15 is 0 Å². The summed E-state index contributed by atoms with van der Waals surface area (Å²) >= 11 is 0. The largest absolute Gasteiger partial charge is 0.415 e. The first-order valence-corrected chi connectivity index (χ1v) is 14.5. The van der Waals surface area contributed by atoms with Gasteiger partial charge < -0.3 is 4.43 Å². The lowest BCUT2D eigenvalue weighted by molar-refractivity contribution is 0.306. The van der Waals surface area contributed by atoms with Crippen molar-refractivity contribution in [3.63, 3.8) is 0 Å². The summed E-state index contributed by atoms with van der Waals surface area (Å²) in [6.07, 6.45) is 0. The van der Waals surface area contributed by atoms with Gasteiger partial charge in [-0.05, 0) is 30.8 Å². The molecule has 0 spiro atoms. The van der Waals surface area contributed by atoms with E-state index in [1.54, 1.807) is 0 Å². The summed E-state index contributed by atoms with van der Waals surface area (Å²) in [5.74, 6) is 0. The van der Waals surface area contributed by atoms with Gasteiger partial charge in [0.25, 0.3) is 0 Å². The molecule has 2 aromatic carbocycles. The molecule has 0 unspecified atom stereocenters. The van der Waals surface area contributed by atoms with Crippen LogP contribution in [0.5, 0.6) is 0 Å². The van der Waals surface area contributed by atoms with Crippen molar-refractivity contribution in [2.45, 2.75) is 32.8 Å². The predicted molar refractivity (Wildman–Crippen MR) is 97.0 cm³/mol. The maximum Gasteiger partial charge on any atom is 0.179 e. The van der Waals surface area contributed by atoms with Crippen molar-refractivity contribution in [3.8, 4) is 6.07 Å². The average Bonchev–Trinajstić information content (AvgIpc) is 2.54. The molecule has 0 saturated heterocycles. The Kier molecular flexibility index (Phi) is 5.02. The third-order valence-corrected chi connectivity index (χ3v) is 20.7. The highest BCUT2D eigenvalue weighted by Gasteiger charge is 2.44. The molecule has 22 heavy (non-hydrogen) atoms. The van der Waals surface area contributed by atoms with Gasteiger partial charge in [-0.15, -0.1) is 0 Å². The summed E-state index contributed by atoms with van der Waals surface area (Å²) in [7, 11) is -3.42. The second kappa shape index (κ2) is 6.61. The highest BCUT2D eigenvalue weighted by Crippen LogP contribution is 2.22. The Hall–Kier alpha value is -1.68. The molecule has 2 rings (SSSR count). The Morgan fingerprint density at radius 3 is 2.05 bits per heavy atom. The molecule has 2 nitrogen and oxygen atoms in total. The Labute approximate surface area is 135 Å². The number of nitrogens with zero attached hydrogens (tertiary/aromatic N) is 1. The van der Waals surface area contributed by atoms with Gasteiger partial charge in [-0.1, -0.05) is 60.7 Å². The maximum atomic E-state index is 8.85. The molecule has 2 aromatic rings. The summed E-state index contributed by atoms with van der Waals surface area (Å²) in [4.78, 5) is 0. The minimum Gasteiger partial charge on any atom is -0.415 e. The molecular formula is C18H23NOSi2. The molecular weight excluding hydrogens is 302 g/mol. The standard InChI is InChI=1S/C18H23NOSi2/c1-21(2,18-8-6-5-7-9-18)22(3,4)20-15-17-12-10-16(14-19)11-13-17/h5-13H,15H2,1-4H3. The van der Waals surface area contributed by atoms with Crippen LogP contribution in [0.1, 0.15) is 11.1 Å². The zero-order valence-electron chi connectivity index (χ0n) is 13.8. The van der Waals surface area contributed by atoms with Crippen LogP contribution in [0.15, 0.2) is 54.6 Å². The molecule has 0 aliphatic heterocycles. The van der Waals surface area contributed by atoms with E-state index in [1.807, 2.05) is 24.3 Å². The zero-order chi connectivity index (χ0) is 16.2. The number of rotatable bonds is 5. The SMILES string of the molecule is C[Si](C)(OCc1ccc(C#N)cc1)[Si](C)(C)c1ccccc1. The second-order valence-corrected chi connectivity index (χ2v) is 21.1. The molecule has 4 heteroatoms. The van der Waals surface area contributed by atoms with Crippen molar-refractivity contribution >= 4 is 20.6 Å². The van der Waals surface area contributed by atoms with Gasteiger partial charge >= 0.3 is 0 Å². The number of hydrogen-bond acceptors (Lipinski definition) is 2. The highest BCUT2D eigenvalue weighted by molar-refractivity contribution is 7.43. The van der Waals surface area contributed by atoms with Gasteiger partial charge in [-0.3, -0.25) is 0 Å². The Balaban J connectivity index is 2.11. The monoisotopic (exact) mass is 325 g/mol. The van der Waals surface area contributed by atoms with Crippen molar-refractivity contribution in [1.29, 1.82) is 5.26 Å². The van der Waals surface area contributed by atoms with E-state index in [9.17, 15) is 0 Å². The molecule has 0 N–H and O–H groups in total. The third kappa shape index (κ3) is 3.56. The van der Waals surface area contributed by atoms with Crippen molar-refractivity contribution in [2.75, 3.05) is 0 Å². The van der Waals surface area contributed by atoms with E-state index in [-0.39, 0.29) is 0 Å². The first-order chi connectivity index (χ1) is 10.4. The first-order valence-electron chi connectivity index (χ1n) is 7.55. The minimum atomic E-state index is -1.80. The van der Waals surface area contributed by atoms with Crippen LogP contribution in [0.4, 0.5) is 0 Å². The van der Waals surface area contributed by atoms with Crippen LogP contribution in [-0.4, -0.2) is 15.4 Å². The Morgan fingerprint density at radius 2 is 1.50 bits per heavy atom. The summed E-state index contributed by atoms with van der Waals surface area (Å²) in [5, 5.41) is 10.3. The summed E-state index contributed by atoms with van der Waals surface area (Å²) in [6.45, 7) is 10.1. The van der Waals surface area contributed by atoms with Crippen LogP contribution in [0.3, 0.4) is 0 Å². The fourth-order valence-electron chi connectivity index (χ4n) is 2.32. The van der Waals surface area contributed by atoms with Crippen LogP contribution >= 0.6 is 0 Å². The van der Waals surface area contributed by atoms with E-state index in [0.717, 1.165) is 5.56 Å². The zero-order valence-corrected chi connectivity index (χ0v) is 15.8. The van der Waals surface area contributed by atoms with E-state index in [4.69, 9.17) is 9.69 Å². The number of nitriles is 1. The van der Waals surface area contributed by atoms with Crippen molar-refractivity contribution in [1.82, 2.24) is 0 Å². The van der Waals surface area contributed by atoms with Gasteiger partial charge in [-0.2, -0.15) is 5.26 Å². The minimum absolute atomic E-state index is 0.633. The molecule has 0 fully saturated rings. The van der Waals surface area contributed by atoms with E-state index in [0.29, 0.717) is 12.2 Å². The molecule has 0 amide bonds. The van der Waals surface area contributed by atoms with Crippen molar-refractivity contribution in [2.24, 2.45) is 0 Å². The number of hydrogen-bond donors (Lipinski definition) is 0. The molecule has 0 aromatic heterocycles. The molecule has 0 radical (unpaired) electrons. The summed E-state index contributed by atoms with van der Waals surface area (Å²) < 4.78 is 6.43. The molecule has 0 aliphatic rings. The maximum absolute atomic E-state index is 8.85. The van der Waals surface area contributed by atoms with Gasteiger partial charge in [0.1, 0.15) is 7.59 Å². The molecule has 0 atom stereocenters. The summed E-state index contributed by atoms with van der Waals surface area (Å²) in [5.41, 5.74) is 1.83. The van der Waals surface area contributed by atoms with Gasteiger partial charge in [0.2, 0.25) is 0 Å². The fraction of sp³-hybridized carbons (Fsp3) is 0.278. The van der Waals surface area contributed by atoms with Crippen LogP contribution in [0.25, 0.3) is 0 Å². The van der Waals surface area contributed by atoms with E-state index in [1.165, 1.54) is 5.19 Å². The lowest BCUT2D eigenvalue weighted by atomic mass is 10.2. The Morgan fingerprint density at radius 1 is 0.909 bits per heavy atom. The molecule has 0 saturated carbocycles. The Bertz CT molecular complexity index is 658. The van der Waals surface area contributed by atoms with Crippen LogP contribution < -0.4 is 5.19 Å². The topological polar surface area (TPSA) is 33.0 Å². The van der Waals surface area contributed by atoms with Crippen LogP contribution in [0, 0.1) is 11.3 Å².